The summed E-state index contributed by atoms with van der Waals surface area (Å²) in [6, 6.07) is 13.1. The predicted molar refractivity (Wildman–Crippen MR) is 152 cm³/mol. The molecule has 2 aliphatic heterocycles. The molecule has 10 nitrogen and oxygen atoms in total. The largest absolute Gasteiger partial charge is 0.492 e. The van der Waals surface area contributed by atoms with Gasteiger partial charge >= 0.3 is 0 Å². The fraction of sp³-hybridized carbons (Fsp3) is 0.379. The van der Waals surface area contributed by atoms with Crippen LogP contribution in [0.2, 0.25) is 5.02 Å². The normalized spacial score (nSPS) is 16.0. The maximum Gasteiger partial charge on any atom is 0.254 e. The summed E-state index contributed by atoms with van der Waals surface area (Å²) in [4.78, 5) is 36.6. The Morgan fingerprint density at radius 3 is 2.88 bits per heavy atom. The molecule has 1 atom stereocenters. The number of benzene rings is 2. The number of carbonyl (C=O) groups is 2. The molecule has 210 valence electrons. The van der Waals surface area contributed by atoms with E-state index in [9.17, 15) is 9.59 Å². The van der Waals surface area contributed by atoms with Crippen molar-refractivity contribution in [1.82, 2.24) is 20.2 Å². The number of anilines is 1. The van der Waals surface area contributed by atoms with Gasteiger partial charge in [0.15, 0.2) is 0 Å². The average Bonchev–Trinajstić information content (AvgIpc) is 3.27. The van der Waals surface area contributed by atoms with Gasteiger partial charge in [0.1, 0.15) is 18.9 Å². The Morgan fingerprint density at radius 1 is 1.25 bits per heavy atom. The maximum absolute atomic E-state index is 13.3. The molecule has 1 aromatic heterocycles. The van der Waals surface area contributed by atoms with Crippen LogP contribution in [0, 0.1) is 0 Å². The van der Waals surface area contributed by atoms with E-state index in [2.05, 4.69) is 20.6 Å². The molecular weight excluding hydrogens is 532 g/mol. The Morgan fingerprint density at radius 2 is 2.08 bits per heavy atom. The summed E-state index contributed by atoms with van der Waals surface area (Å²) in [5.74, 6) is 0.731. The molecule has 1 fully saturated rings. The minimum Gasteiger partial charge on any atom is -0.492 e. The number of nitrogens with two attached hydrogens (primary N) is 1. The van der Waals surface area contributed by atoms with E-state index in [0.717, 1.165) is 24.0 Å². The Hall–Kier alpha value is -3.73. The SMILES string of the molecule is C[C@@H](NC(=O)CN1Cc2ccc(-c3nc(NC4CCOCC4)ncc3Cl)cc2C1=O)c1cccc(OCCN)c1. The topological polar surface area (TPSA) is 132 Å². The second kappa shape index (κ2) is 12.6. The van der Waals surface area contributed by atoms with Gasteiger partial charge in [0.05, 0.1) is 23.0 Å². The fourth-order valence-electron chi connectivity index (χ4n) is 4.89. The van der Waals surface area contributed by atoms with E-state index in [1.165, 1.54) is 4.90 Å². The van der Waals surface area contributed by atoms with E-state index in [0.29, 0.717) is 66.5 Å². The van der Waals surface area contributed by atoms with Gasteiger partial charge in [-0.15, -0.1) is 0 Å². The lowest BCUT2D eigenvalue weighted by atomic mass is 10.0. The molecular formula is C29H33ClN6O4. The van der Waals surface area contributed by atoms with Gasteiger partial charge < -0.3 is 30.7 Å². The van der Waals surface area contributed by atoms with Gasteiger partial charge in [0.25, 0.3) is 5.91 Å². The lowest BCUT2D eigenvalue weighted by molar-refractivity contribution is -0.122. The highest BCUT2D eigenvalue weighted by atomic mass is 35.5. The van der Waals surface area contributed by atoms with Gasteiger partial charge in [-0.05, 0) is 49.1 Å². The van der Waals surface area contributed by atoms with Crippen LogP contribution in [-0.2, 0) is 16.1 Å². The van der Waals surface area contributed by atoms with Crippen LogP contribution in [0.3, 0.4) is 0 Å². The lowest BCUT2D eigenvalue weighted by Gasteiger charge is -2.23. The number of ether oxygens (including phenoxy) is 2. The first-order chi connectivity index (χ1) is 19.4. The number of rotatable bonds is 10. The van der Waals surface area contributed by atoms with Gasteiger partial charge in [-0.25, -0.2) is 9.97 Å². The summed E-state index contributed by atoms with van der Waals surface area (Å²) < 4.78 is 11.0. The van der Waals surface area contributed by atoms with Crippen molar-refractivity contribution in [3.8, 4) is 17.0 Å². The highest BCUT2D eigenvalue weighted by molar-refractivity contribution is 6.33. The summed E-state index contributed by atoms with van der Waals surface area (Å²) in [6.45, 7) is 4.44. The summed E-state index contributed by atoms with van der Waals surface area (Å²) >= 11 is 6.46. The number of carbonyl (C=O) groups excluding carboxylic acids is 2. The second-order valence-corrected chi connectivity index (χ2v) is 10.4. The van der Waals surface area contributed by atoms with Crippen LogP contribution in [-0.4, -0.2) is 65.6 Å². The molecule has 0 spiro atoms. The van der Waals surface area contributed by atoms with Crippen molar-refractivity contribution >= 4 is 29.4 Å². The van der Waals surface area contributed by atoms with Crippen molar-refractivity contribution in [3.05, 3.63) is 70.4 Å². The third kappa shape index (κ3) is 6.52. The Bertz CT molecular complexity index is 1380. The summed E-state index contributed by atoms with van der Waals surface area (Å²) in [5.41, 5.74) is 9.06. The van der Waals surface area contributed by atoms with Crippen molar-refractivity contribution in [2.45, 2.75) is 38.4 Å². The van der Waals surface area contributed by atoms with Crippen molar-refractivity contribution in [3.63, 3.8) is 0 Å². The highest BCUT2D eigenvalue weighted by Gasteiger charge is 2.30. The zero-order valence-electron chi connectivity index (χ0n) is 22.4. The van der Waals surface area contributed by atoms with E-state index in [1.54, 1.807) is 12.3 Å². The van der Waals surface area contributed by atoms with E-state index >= 15 is 0 Å². The number of amides is 2. The molecule has 4 N–H and O–H groups in total. The van der Waals surface area contributed by atoms with Gasteiger partial charge in [0.2, 0.25) is 11.9 Å². The van der Waals surface area contributed by atoms with Gasteiger partial charge in [-0.3, -0.25) is 9.59 Å². The molecule has 0 saturated carbocycles. The third-order valence-electron chi connectivity index (χ3n) is 7.02. The van der Waals surface area contributed by atoms with Crippen molar-refractivity contribution in [2.24, 2.45) is 5.73 Å². The van der Waals surface area contributed by atoms with E-state index in [1.807, 2.05) is 43.3 Å². The number of halogens is 1. The molecule has 0 aliphatic carbocycles. The van der Waals surface area contributed by atoms with Crippen molar-refractivity contribution in [1.29, 1.82) is 0 Å². The van der Waals surface area contributed by atoms with Crippen LogP contribution in [0.25, 0.3) is 11.3 Å². The molecule has 40 heavy (non-hydrogen) atoms. The fourth-order valence-corrected chi connectivity index (χ4v) is 5.09. The van der Waals surface area contributed by atoms with Crippen LogP contribution in [0.5, 0.6) is 5.75 Å². The summed E-state index contributed by atoms with van der Waals surface area (Å²) in [6.07, 6.45) is 3.33. The predicted octanol–water partition coefficient (Wildman–Crippen LogP) is 3.56. The minimum atomic E-state index is -0.260. The number of fused-ring (bicyclic) bond motifs is 1. The van der Waals surface area contributed by atoms with Crippen LogP contribution in [0.1, 0.15) is 47.3 Å². The molecule has 3 aromatic rings. The number of aromatic nitrogens is 2. The Labute approximate surface area is 238 Å². The van der Waals surface area contributed by atoms with Crippen LogP contribution in [0.4, 0.5) is 5.95 Å². The number of hydrogen-bond donors (Lipinski definition) is 3. The van der Waals surface area contributed by atoms with E-state index in [4.69, 9.17) is 26.8 Å². The molecule has 2 aromatic carbocycles. The highest BCUT2D eigenvalue weighted by Crippen LogP contribution is 2.32. The molecule has 11 heteroatoms. The molecule has 3 heterocycles. The van der Waals surface area contributed by atoms with E-state index < -0.39 is 0 Å². The first-order valence-corrected chi connectivity index (χ1v) is 13.8. The first-order valence-electron chi connectivity index (χ1n) is 13.4. The standard InChI is InChI=1S/C29H33ClN6O4/c1-18(19-3-2-4-23(13-19)40-12-9-31)33-26(37)17-36-16-21-6-5-20(14-24(21)28(36)38)27-25(30)15-32-29(35-27)34-22-7-10-39-11-8-22/h2-6,13-15,18,22H,7-12,16-17,31H2,1H3,(H,33,37)(H,32,34,35)/t18-/m1/s1. The van der Waals surface area contributed by atoms with Crippen molar-refractivity contribution < 1.29 is 19.1 Å². The average molecular weight is 565 g/mol. The zero-order valence-corrected chi connectivity index (χ0v) is 23.1. The molecule has 0 radical (unpaired) electrons. The lowest BCUT2D eigenvalue weighted by Crippen LogP contribution is -2.38. The Kier molecular flexibility index (Phi) is 8.78. The molecule has 2 aliphatic rings. The second-order valence-electron chi connectivity index (χ2n) is 9.95. The van der Waals surface area contributed by atoms with Gasteiger partial charge in [-0.2, -0.15) is 0 Å². The van der Waals surface area contributed by atoms with Gasteiger partial charge in [0, 0.05) is 43.5 Å². The van der Waals surface area contributed by atoms with Crippen LogP contribution in [0.15, 0.2) is 48.7 Å². The maximum atomic E-state index is 13.3. The monoisotopic (exact) mass is 564 g/mol. The smallest absolute Gasteiger partial charge is 0.254 e. The number of nitrogens with zero attached hydrogens (tertiary/aromatic N) is 3. The first kappa shape index (κ1) is 27.8. The number of nitrogens with one attached hydrogen (secondary N) is 2. The molecule has 5 rings (SSSR count). The molecule has 2 amide bonds. The van der Waals surface area contributed by atoms with Crippen molar-refractivity contribution in [2.75, 3.05) is 38.2 Å². The summed E-state index contributed by atoms with van der Waals surface area (Å²) in [5, 5.41) is 6.72. The molecule has 1 saturated heterocycles. The zero-order chi connectivity index (χ0) is 28.1. The van der Waals surface area contributed by atoms with Gasteiger partial charge in [-0.1, -0.05) is 35.9 Å². The van der Waals surface area contributed by atoms with Crippen LogP contribution >= 0.6 is 11.6 Å². The van der Waals surface area contributed by atoms with E-state index in [-0.39, 0.29) is 30.4 Å². The summed E-state index contributed by atoms with van der Waals surface area (Å²) in [7, 11) is 0. The third-order valence-corrected chi connectivity index (χ3v) is 7.29. The Balaban J connectivity index is 1.23. The molecule has 0 unspecified atom stereocenters. The minimum absolute atomic E-state index is 0.0516. The van der Waals surface area contributed by atoms with Crippen LogP contribution < -0.4 is 21.1 Å². The molecule has 0 bridgehead atoms. The number of hydrogen-bond acceptors (Lipinski definition) is 8. The quantitative estimate of drug-likeness (QED) is 0.340.